The molecular weight excluding hydrogens is 216 g/mol. The summed E-state index contributed by atoms with van der Waals surface area (Å²) in [6.45, 7) is 5.89. The topological polar surface area (TPSA) is 71.6 Å². The SMILES string of the molecule is CC1=NN(c2cc(N)ccn2)C(=O)[C@@H]1C(C)C. The normalized spacial score (nSPS) is 20.0. The summed E-state index contributed by atoms with van der Waals surface area (Å²) in [6, 6.07) is 3.33. The molecule has 17 heavy (non-hydrogen) atoms. The van der Waals surface area contributed by atoms with E-state index in [0.717, 1.165) is 5.71 Å². The van der Waals surface area contributed by atoms with E-state index in [9.17, 15) is 4.79 Å². The van der Waals surface area contributed by atoms with Crippen LogP contribution in [0.15, 0.2) is 23.4 Å². The van der Waals surface area contributed by atoms with E-state index in [-0.39, 0.29) is 17.7 Å². The molecule has 2 heterocycles. The zero-order valence-electron chi connectivity index (χ0n) is 10.2. The number of hydrogen-bond acceptors (Lipinski definition) is 4. The van der Waals surface area contributed by atoms with E-state index >= 15 is 0 Å². The number of aromatic nitrogens is 1. The van der Waals surface area contributed by atoms with Crippen LogP contribution in [-0.4, -0.2) is 16.6 Å². The van der Waals surface area contributed by atoms with Crippen molar-refractivity contribution in [3.63, 3.8) is 0 Å². The number of hydrazone groups is 1. The Kier molecular flexibility index (Phi) is 2.83. The molecule has 0 radical (unpaired) electrons. The van der Waals surface area contributed by atoms with E-state index < -0.39 is 0 Å². The Morgan fingerprint density at radius 1 is 1.47 bits per heavy atom. The molecule has 0 aliphatic carbocycles. The number of nitrogen functional groups attached to an aromatic ring is 1. The first-order chi connectivity index (χ1) is 8.00. The molecule has 1 aromatic rings. The van der Waals surface area contributed by atoms with Gasteiger partial charge in [0.05, 0.1) is 5.92 Å². The lowest BCUT2D eigenvalue weighted by Gasteiger charge is -2.15. The van der Waals surface area contributed by atoms with Crippen LogP contribution in [0.25, 0.3) is 0 Å². The third kappa shape index (κ3) is 2.00. The standard InChI is InChI=1S/C12H16N4O/c1-7(2)11-8(3)15-16(12(11)17)10-6-9(13)4-5-14-10/h4-7,11H,1-3H3,(H2,13,14)/t11-/m1/s1. The molecule has 2 rings (SSSR count). The number of nitrogens with two attached hydrogens (primary N) is 1. The largest absolute Gasteiger partial charge is 0.399 e. The minimum atomic E-state index is -0.154. The fourth-order valence-electron chi connectivity index (χ4n) is 2.06. The van der Waals surface area contributed by atoms with Crippen molar-refractivity contribution in [1.82, 2.24) is 4.98 Å². The first-order valence-corrected chi connectivity index (χ1v) is 5.61. The Morgan fingerprint density at radius 3 is 2.71 bits per heavy atom. The van der Waals surface area contributed by atoms with Crippen LogP contribution in [0.5, 0.6) is 0 Å². The number of carbonyl (C=O) groups is 1. The van der Waals surface area contributed by atoms with Gasteiger partial charge in [0.2, 0.25) is 0 Å². The van der Waals surface area contributed by atoms with Gasteiger partial charge in [-0.05, 0) is 18.9 Å². The molecule has 5 heteroatoms. The Bertz CT molecular complexity index is 481. The second kappa shape index (κ2) is 4.16. The van der Waals surface area contributed by atoms with E-state index in [0.29, 0.717) is 11.5 Å². The number of amides is 1. The van der Waals surface area contributed by atoms with Crippen LogP contribution in [-0.2, 0) is 4.79 Å². The van der Waals surface area contributed by atoms with Crippen LogP contribution < -0.4 is 10.7 Å². The fourth-order valence-corrected chi connectivity index (χ4v) is 2.06. The third-order valence-corrected chi connectivity index (χ3v) is 2.84. The average Bonchev–Trinajstić information content (AvgIpc) is 2.54. The van der Waals surface area contributed by atoms with Crippen LogP contribution in [0, 0.1) is 11.8 Å². The summed E-state index contributed by atoms with van der Waals surface area (Å²) in [4.78, 5) is 16.3. The average molecular weight is 232 g/mol. The van der Waals surface area contributed by atoms with Crippen molar-refractivity contribution in [3.05, 3.63) is 18.3 Å². The number of rotatable bonds is 2. The zero-order valence-corrected chi connectivity index (χ0v) is 10.2. The summed E-state index contributed by atoms with van der Waals surface area (Å²) in [7, 11) is 0. The van der Waals surface area contributed by atoms with Gasteiger partial charge in [0, 0.05) is 23.7 Å². The minimum Gasteiger partial charge on any atom is -0.399 e. The van der Waals surface area contributed by atoms with Crippen molar-refractivity contribution in [3.8, 4) is 0 Å². The van der Waals surface area contributed by atoms with Gasteiger partial charge >= 0.3 is 0 Å². The summed E-state index contributed by atoms with van der Waals surface area (Å²) in [5, 5.41) is 5.61. The van der Waals surface area contributed by atoms with Crippen molar-refractivity contribution >= 4 is 23.1 Å². The van der Waals surface area contributed by atoms with Crippen LogP contribution >= 0.6 is 0 Å². The summed E-state index contributed by atoms with van der Waals surface area (Å²) < 4.78 is 0. The van der Waals surface area contributed by atoms with E-state index in [4.69, 9.17) is 5.73 Å². The molecule has 1 aromatic heterocycles. The third-order valence-electron chi connectivity index (χ3n) is 2.84. The van der Waals surface area contributed by atoms with Crippen LogP contribution in [0.4, 0.5) is 11.5 Å². The number of anilines is 2. The molecule has 90 valence electrons. The van der Waals surface area contributed by atoms with Gasteiger partial charge in [-0.25, -0.2) is 4.98 Å². The van der Waals surface area contributed by atoms with Gasteiger partial charge in [0.1, 0.15) is 0 Å². The summed E-state index contributed by atoms with van der Waals surface area (Å²) in [5.74, 6) is 0.531. The first-order valence-electron chi connectivity index (χ1n) is 5.61. The molecular formula is C12H16N4O. The maximum atomic E-state index is 12.2. The lowest BCUT2D eigenvalue weighted by Crippen LogP contribution is -2.30. The molecule has 2 N–H and O–H groups in total. The molecule has 0 unspecified atom stereocenters. The molecule has 1 amide bonds. The second-order valence-corrected chi connectivity index (χ2v) is 4.56. The minimum absolute atomic E-state index is 0.0319. The second-order valence-electron chi connectivity index (χ2n) is 4.56. The number of carbonyl (C=O) groups excluding carboxylic acids is 1. The zero-order chi connectivity index (χ0) is 12.6. The molecule has 5 nitrogen and oxygen atoms in total. The predicted octanol–water partition coefficient (Wildman–Crippen LogP) is 1.66. The Labute approximate surface area is 100 Å². The molecule has 1 aliphatic rings. The van der Waals surface area contributed by atoms with Gasteiger partial charge in [-0.15, -0.1) is 0 Å². The number of nitrogens with zero attached hydrogens (tertiary/aromatic N) is 3. The van der Waals surface area contributed by atoms with Crippen molar-refractivity contribution in [2.24, 2.45) is 16.9 Å². The number of hydrogen-bond donors (Lipinski definition) is 1. The quantitative estimate of drug-likeness (QED) is 0.842. The van der Waals surface area contributed by atoms with Gasteiger partial charge in [-0.2, -0.15) is 10.1 Å². The van der Waals surface area contributed by atoms with Crippen LogP contribution in [0.3, 0.4) is 0 Å². The maximum absolute atomic E-state index is 12.2. The van der Waals surface area contributed by atoms with Crippen LogP contribution in [0.1, 0.15) is 20.8 Å². The van der Waals surface area contributed by atoms with Crippen molar-refractivity contribution in [2.75, 3.05) is 10.7 Å². The van der Waals surface area contributed by atoms with E-state index in [1.54, 1.807) is 18.3 Å². The smallest absolute Gasteiger partial charge is 0.257 e. The monoisotopic (exact) mass is 232 g/mol. The van der Waals surface area contributed by atoms with Gasteiger partial charge < -0.3 is 5.73 Å². The van der Waals surface area contributed by atoms with Gasteiger partial charge in [0.25, 0.3) is 5.91 Å². The van der Waals surface area contributed by atoms with E-state index in [1.807, 2.05) is 20.8 Å². The number of pyridine rings is 1. The lowest BCUT2D eigenvalue weighted by molar-refractivity contribution is -0.120. The molecule has 0 saturated carbocycles. The van der Waals surface area contributed by atoms with Gasteiger partial charge in [-0.1, -0.05) is 13.8 Å². The molecule has 0 aromatic carbocycles. The van der Waals surface area contributed by atoms with Crippen molar-refractivity contribution in [2.45, 2.75) is 20.8 Å². The summed E-state index contributed by atoms with van der Waals surface area (Å²) in [5.41, 5.74) is 7.08. The van der Waals surface area contributed by atoms with Crippen molar-refractivity contribution in [1.29, 1.82) is 0 Å². The maximum Gasteiger partial charge on any atom is 0.257 e. The van der Waals surface area contributed by atoms with Crippen molar-refractivity contribution < 1.29 is 4.79 Å². The lowest BCUT2D eigenvalue weighted by atomic mass is 9.92. The van der Waals surface area contributed by atoms with Gasteiger partial charge in [0.15, 0.2) is 5.82 Å². The highest BCUT2D eigenvalue weighted by Crippen LogP contribution is 2.27. The van der Waals surface area contributed by atoms with Gasteiger partial charge in [-0.3, -0.25) is 4.79 Å². The van der Waals surface area contributed by atoms with Crippen LogP contribution in [0.2, 0.25) is 0 Å². The first kappa shape index (κ1) is 11.6. The highest BCUT2D eigenvalue weighted by molar-refractivity contribution is 6.14. The molecule has 0 fully saturated rings. The molecule has 0 bridgehead atoms. The van der Waals surface area contributed by atoms with E-state index in [2.05, 4.69) is 10.1 Å². The summed E-state index contributed by atoms with van der Waals surface area (Å²) >= 11 is 0. The Morgan fingerprint density at radius 2 is 2.18 bits per heavy atom. The fraction of sp³-hybridized carbons (Fsp3) is 0.417. The summed E-state index contributed by atoms with van der Waals surface area (Å²) in [6.07, 6.45) is 1.57. The molecule has 1 atom stereocenters. The molecule has 0 saturated heterocycles. The Hall–Kier alpha value is -1.91. The predicted molar refractivity (Wildman–Crippen MR) is 67.6 cm³/mol. The highest BCUT2D eigenvalue weighted by Gasteiger charge is 2.36. The molecule has 1 aliphatic heterocycles. The van der Waals surface area contributed by atoms with E-state index in [1.165, 1.54) is 5.01 Å². The molecule has 0 spiro atoms. The highest BCUT2D eigenvalue weighted by atomic mass is 16.2. The Balaban J connectivity index is 2.34.